The van der Waals surface area contributed by atoms with Gasteiger partial charge in [-0.15, -0.1) is 0 Å². The van der Waals surface area contributed by atoms with Crippen molar-refractivity contribution in [1.29, 1.82) is 0 Å². The Kier molecular flexibility index (Phi) is 5.18. The van der Waals surface area contributed by atoms with Gasteiger partial charge in [0.15, 0.2) is 0 Å². The average molecular weight is 329 g/mol. The molecule has 1 aromatic carbocycles. The second-order valence-electron chi connectivity index (χ2n) is 5.37. The molecule has 5 nitrogen and oxygen atoms in total. The summed E-state index contributed by atoms with van der Waals surface area (Å²) in [6.45, 7) is 3.98. The summed E-state index contributed by atoms with van der Waals surface area (Å²) in [5.74, 6) is -1.25. The van der Waals surface area contributed by atoms with Crippen molar-refractivity contribution < 1.29 is 22.3 Å². The Labute approximate surface area is 130 Å². The zero-order valence-corrected chi connectivity index (χ0v) is 13.5. The quantitative estimate of drug-likeness (QED) is 0.794. The van der Waals surface area contributed by atoms with Crippen molar-refractivity contribution in [2.75, 3.05) is 19.7 Å². The number of hydrogen-bond donors (Lipinski definition) is 0. The second kappa shape index (κ2) is 6.75. The van der Waals surface area contributed by atoms with Gasteiger partial charge in [0, 0.05) is 13.1 Å². The predicted molar refractivity (Wildman–Crippen MR) is 79.3 cm³/mol. The smallest absolute Gasteiger partial charge is 0.310 e. The number of piperidine rings is 1. The number of nitrogens with zero attached hydrogens (tertiary/aromatic N) is 1. The molecule has 1 aliphatic heterocycles. The summed E-state index contributed by atoms with van der Waals surface area (Å²) >= 11 is 0. The van der Waals surface area contributed by atoms with Gasteiger partial charge in [0.25, 0.3) is 0 Å². The lowest BCUT2D eigenvalue weighted by atomic mass is 10.0. The molecule has 0 aromatic heterocycles. The van der Waals surface area contributed by atoms with Gasteiger partial charge < -0.3 is 4.74 Å². The number of carbonyl (C=O) groups is 1. The van der Waals surface area contributed by atoms with Gasteiger partial charge in [-0.25, -0.2) is 12.8 Å². The zero-order chi connectivity index (χ0) is 16.3. The molecule has 1 saturated heterocycles. The van der Waals surface area contributed by atoms with Gasteiger partial charge in [-0.3, -0.25) is 4.79 Å². The van der Waals surface area contributed by atoms with Crippen molar-refractivity contribution in [3.05, 3.63) is 29.6 Å². The fourth-order valence-corrected chi connectivity index (χ4v) is 4.15. The largest absolute Gasteiger partial charge is 0.466 e. The summed E-state index contributed by atoms with van der Waals surface area (Å²) in [4.78, 5) is 11.9. The molecule has 0 aliphatic carbocycles. The molecule has 0 spiro atoms. The fourth-order valence-electron chi connectivity index (χ4n) is 2.54. The lowest BCUT2D eigenvalue weighted by Crippen LogP contribution is -2.42. The number of benzene rings is 1. The molecule has 0 bridgehead atoms. The first-order valence-electron chi connectivity index (χ1n) is 7.29. The standard InChI is InChI=1S/C15H20FNO4S/c1-3-21-15(18)12-5-4-8-17(10-12)22(19,20)13-6-7-14(16)11(2)9-13/h6-7,9,12H,3-5,8,10H2,1-2H3. The molecule has 122 valence electrons. The maximum atomic E-state index is 13.3. The van der Waals surface area contributed by atoms with Gasteiger partial charge in [0.05, 0.1) is 17.4 Å². The van der Waals surface area contributed by atoms with Crippen molar-refractivity contribution in [2.45, 2.75) is 31.6 Å². The van der Waals surface area contributed by atoms with Gasteiger partial charge in [-0.1, -0.05) is 0 Å². The van der Waals surface area contributed by atoms with E-state index in [2.05, 4.69) is 0 Å². The molecular formula is C15H20FNO4S. The zero-order valence-electron chi connectivity index (χ0n) is 12.7. The van der Waals surface area contributed by atoms with E-state index < -0.39 is 21.8 Å². The predicted octanol–water partition coefficient (Wildman–Crippen LogP) is 2.10. The number of halogens is 1. The van der Waals surface area contributed by atoms with Crippen LogP contribution in [0.4, 0.5) is 4.39 Å². The Balaban J connectivity index is 2.21. The lowest BCUT2D eigenvalue weighted by molar-refractivity contribution is -0.149. The Morgan fingerprint density at radius 2 is 2.18 bits per heavy atom. The van der Waals surface area contributed by atoms with Gasteiger partial charge in [0.1, 0.15) is 5.82 Å². The van der Waals surface area contributed by atoms with E-state index in [0.717, 1.165) is 6.07 Å². The van der Waals surface area contributed by atoms with Crippen molar-refractivity contribution in [3.63, 3.8) is 0 Å². The summed E-state index contributed by atoms with van der Waals surface area (Å²) < 4.78 is 44.8. The Bertz CT molecular complexity index is 660. The fraction of sp³-hybridized carbons (Fsp3) is 0.533. The van der Waals surface area contributed by atoms with Crippen LogP contribution < -0.4 is 0 Å². The number of esters is 1. The van der Waals surface area contributed by atoms with Crippen LogP contribution in [-0.4, -0.2) is 38.4 Å². The second-order valence-corrected chi connectivity index (χ2v) is 7.30. The van der Waals surface area contributed by atoms with Crippen LogP contribution in [0.15, 0.2) is 23.1 Å². The Hall–Kier alpha value is -1.47. The molecule has 1 aliphatic rings. The average Bonchev–Trinajstić information content (AvgIpc) is 2.50. The molecule has 0 saturated carbocycles. The van der Waals surface area contributed by atoms with Gasteiger partial charge >= 0.3 is 5.97 Å². The van der Waals surface area contributed by atoms with E-state index in [1.165, 1.54) is 23.4 Å². The minimum absolute atomic E-state index is 0.0518. The molecule has 2 rings (SSSR count). The molecule has 1 unspecified atom stereocenters. The maximum absolute atomic E-state index is 13.3. The molecule has 22 heavy (non-hydrogen) atoms. The third-order valence-electron chi connectivity index (χ3n) is 3.77. The van der Waals surface area contributed by atoms with Gasteiger partial charge in [0.2, 0.25) is 10.0 Å². The first-order valence-corrected chi connectivity index (χ1v) is 8.73. The van der Waals surface area contributed by atoms with E-state index >= 15 is 0 Å². The molecule has 1 fully saturated rings. The molecular weight excluding hydrogens is 309 g/mol. The van der Waals surface area contributed by atoms with E-state index in [1.54, 1.807) is 6.92 Å². The highest BCUT2D eigenvalue weighted by Crippen LogP contribution is 2.25. The number of rotatable bonds is 4. The number of carbonyl (C=O) groups excluding carboxylic acids is 1. The highest BCUT2D eigenvalue weighted by atomic mass is 32.2. The Morgan fingerprint density at radius 3 is 2.82 bits per heavy atom. The number of aryl methyl sites for hydroxylation is 1. The van der Waals surface area contributed by atoms with Crippen molar-refractivity contribution in [2.24, 2.45) is 5.92 Å². The van der Waals surface area contributed by atoms with E-state index in [0.29, 0.717) is 19.4 Å². The van der Waals surface area contributed by atoms with Crippen molar-refractivity contribution in [1.82, 2.24) is 4.31 Å². The SMILES string of the molecule is CCOC(=O)C1CCCN(S(=O)(=O)c2ccc(F)c(C)c2)C1. The molecule has 7 heteroatoms. The molecule has 0 N–H and O–H groups in total. The highest BCUT2D eigenvalue weighted by molar-refractivity contribution is 7.89. The Morgan fingerprint density at radius 1 is 1.45 bits per heavy atom. The summed E-state index contributed by atoms with van der Waals surface area (Å²) in [7, 11) is -3.72. The summed E-state index contributed by atoms with van der Waals surface area (Å²) in [6, 6.07) is 3.72. The van der Waals surface area contributed by atoms with E-state index in [4.69, 9.17) is 4.74 Å². The third kappa shape index (κ3) is 3.47. The minimum atomic E-state index is -3.72. The third-order valence-corrected chi connectivity index (χ3v) is 5.63. The van der Waals surface area contributed by atoms with E-state index in [-0.39, 0.29) is 29.6 Å². The van der Waals surface area contributed by atoms with Crippen LogP contribution >= 0.6 is 0 Å². The molecule has 1 atom stereocenters. The maximum Gasteiger partial charge on any atom is 0.310 e. The lowest BCUT2D eigenvalue weighted by Gasteiger charge is -2.30. The van der Waals surface area contributed by atoms with Crippen LogP contribution in [0.5, 0.6) is 0 Å². The number of sulfonamides is 1. The molecule has 1 heterocycles. The number of ether oxygens (including phenoxy) is 1. The van der Waals surface area contributed by atoms with Crippen LogP contribution in [0.1, 0.15) is 25.3 Å². The van der Waals surface area contributed by atoms with E-state index in [1.807, 2.05) is 0 Å². The number of hydrogen-bond acceptors (Lipinski definition) is 4. The van der Waals surface area contributed by atoms with Crippen LogP contribution in [0.2, 0.25) is 0 Å². The minimum Gasteiger partial charge on any atom is -0.466 e. The van der Waals surface area contributed by atoms with Crippen LogP contribution in [0.25, 0.3) is 0 Å². The van der Waals surface area contributed by atoms with Crippen molar-refractivity contribution >= 4 is 16.0 Å². The first kappa shape index (κ1) is 16.9. The molecule has 1 aromatic rings. The summed E-state index contributed by atoms with van der Waals surface area (Å²) in [5.41, 5.74) is 0.278. The first-order chi connectivity index (χ1) is 10.4. The molecule has 0 radical (unpaired) electrons. The van der Waals surface area contributed by atoms with Gasteiger partial charge in [-0.2, -0.15) is 4.31 Å². The van der Waals surface area contributed by atoms with Gasteiger partial charge in [-0.05, 0) is 50.5 Å². The van der Waals surface area contributed by atoms with Crippen LogP contribution in [-0.2, 0) is 19.6 Å². The topological polar surface area (TPSA) is 63.7 Å². The molecule has 0 amide bonds. The highest BCUT2D eigenvalue weighted by Gasteiger charge is 2.34. The monoisotopic (exact) mass is 329 g/mol. The van der Waals surface area contributed by atoms with Crippen molar-refractivity contribution in [3.8, 4) is 0 Å². The van der Waals surface area contributed by atoms with E-state index in [9.17, 15) is 17.6 Å². The normalized spacial score (nSPS) is 19.9. The summed E-state index contributed by atoms with van der Waals surface area (Å²) in [5, 5.41) is 0. The van der Waals surface area contributed by atoms with Crippen LogP contribution in [0.3, 0.4) is 0 Å². The van der Waals surface area contributed by atoms with Crippen LogP contribution in [0, 0.1) is 18.7 Å². The summed E-state index contributed by atoms with van der Waals surface area (Å²) in [6.07, 6.45) is 1.22.